The normalized spacial score (nSPS) is 17.8. The molecule has 9 heteroatoms. The minimum absolute atomic E-state index is 0.0929. The molecule has 1 saturated heterocycles. The fourth-order valence-electron chi connectivity index (χ4n) is 2.19. The lowest BCUT2D eigenvalue weighted by molar-refractivity contribution is -0.137. The van der Waals surface area contributed by atoms with Gasteiger partial charge in [-0.2, -0.15) is 13.2 Å². The average Bonchev–Trinajstić information content (AvgIpc) is 2.53. The summed E-state index contributed by atoms with van der Waals surface area (Å²) >= 11 is 0. The number of ether oxygens (including phenoxy) is 1. The number of hydrogen-bond donors (Lipinski definition) is 3. The van der Waals surface area contributed by atoms with Gasteiger partial charge in [-0.25, -0.2) is 4.79 Å². The molecule has 0 aromatic heterocycles. The van der Waals surface area contributed by atoms with Crippen LogP contribution in [0.1, 0.15) is 18.4 Å². The number of carbonyl (C=O) groups is 2. The molecule has 3 amide bonds. The smallest absolute Gasteiger partial charge is 0.416 e. The number of rotatable bonds is 5. The topological polar surface area (TPSA) is 79.5 Å². The van der Waals surface area contributed by atoms with E-state index >= 15 is 0 Å². The number of benzene rings is 1. The Bertz CT molecular complexity index is 576. The highest BCUT2D eigenvalue weighted by molar-refractivity contribution is 5.87. The van der Waals surface area contributed by atoms with Crippen LogP contribution in [0.25, 0.3) is 0 Å². The summed E-state index contributed by atoms with van der Waals surface area (Å²) in [5.41, 5.74) is -0.752. The van der Waals surface area contributed by atoms with E-state index in [9.17, 15) is 22.8 Å². The maximum absolute atomic E-state index is 12.4. The molecule has 0 saturated carbocycles. The van der Waals surface area contributed by atoms with Gasteiger partial charge >= 0.3 is 12.2 Å². The first-order chi connectivity index (χ1) is 11.4. The number of halogens is 3. The molecule has 1 aliphatic heterocycles. The highest BCUT2D eigenvalue weighted by atomic mass is 19.4. The van der Waals surface area contributed by atoms with E-state index in [1.165, 1.54) is 12.1 Å². The van der Waals surface area contributed by atoms with Crippen LogP contribution in [0, 0.1) is 0 Å². The van der Waals surface area contributed by atoms with Gasteiger partial charge in [0.25, 0.3) is 0 Å². The maximum atomic E-state index is 12.4. The third-order valence-corrected chi connectivity index (χ3v) is 3.43. The van der Waals surface area contributed by atoms with E-state index < -0.39 is 23.8 Å². The van der Waals surface area contributed by atoms with E-state index in [1.807, 2.05) is 0 Å². The molecule has 0 spiro atoms. The third kappa shape index (κ3) is 5.32. The zero-order chi connectivity index (χ0) is 17.6. The molecular weight excluding hydrogens is 327 g/mol. The second-order valence-electron chi connectivity index (χ2n) is 5.26. The van der Waals surface area contributed by atoms with Crippen molar-refractivity contribution in [3.63, 3.8) is 0 Å². The highest BCUT2D eigenvalue weighted by Crippen LogP contribution is 2.30. The van der Waals surface area contributed by atoms with E-state index in [-0.39, 0.29) is 24.8 Å². The van der Waals surface area contributed by atoms with Crippen LogP contribution in [-0.2, 0) is 11.0 Å². The molecule has 1 aliphatic rings. The molecule has 0 bridgehead atoms. The molecule has 1 heterocycles. The molecule has 6 nitrogen and oxygen atoms in total. The van der Waals surface area contributed by atoms with Crippen molar-refractivity contribution in [3.8, 4) is 5.75 Å². The van der Waals surface area contributed by atoms with Gasteiger partial charge in [-0.15, -0.1) is 0 Å². The second-order valence-corrected chi connectivity index (χ2v) is 5.26. The minimum atomic E-state index is -4.39. The standard InChI is InChI=1S/C15H18F3N3O3/c16-15(17,18)10-3-5-11(6-4-10)24-9-8-20-14(23)21-12-2-1-7-19-13(12)22/h3-6,12H,1-2,7-9H2,(H,19,22)(H2,20,21,23)/t12-/m1/s1. The van der Waals surface area contributed by atoms with E-state index in [2.05, 4.69) is 16.0 Å². The summed E-state index contributed by atoms with van der Waals surface area (Å²) in [5.74, 6) is 0.0641. The predicted octanol–water partition coefficient (Wildman–Crippen LogP) is 1.66. The highest BCUT2D eigenvalue weighted by Gasteiger charge is 2.30. The minimum Gasteiger partial charge on any atom is -0.492 e. The zero-order valence-corrected chi connectivity index (χ0v) is 12.8. The second kappa shape index (κ2) is 7.89. The summed E-state index contributed by atoms with van der Waals surface area (Å²) in [4.78, 5) is 23.1. The van der Waals surface area contributed by atoms with Crippen molar-refractivity contribution in [2.24, 2.45) is 0 Å². The Morgan fingerprint density at radius 1 is 1.29 bits per heavy atom. The van der Waals surface area contributed by atoms with E-state index in [1.54, 1.807) is 0 Å². The third-order valence-electron chi connectivity index (χ3n) is 3.43. The summed E-state index contributed by atoms with van der Waals surface area (Å²) in [6.45, 7) is 0.858. The summed E-state index contributed by atoms with van der Waals surface area (Å²) in [6.07, 6.45) is -3.00. The van der Waals surface area contributed by atoms with Crippen molar-refractivity contribution in [1.82, 2.24) is 16.0 Å². The van der Waals surface area contributed by atoms with Gasteiger partial charge < -0.3 is 20.7 Å². The van der Waals surface area contributed by atoms with Crippen molar-refractivity contribution in [1.29, 1.82) is 0 Å². The van der Waals surface area contributed by atoms with Crippen LogP contribution in [0.4, 0.5) is 18.0 Å². The number of carbonyl (C=O) groups excluding carboxylic acids is 2. The molecule has 0 aliphatic carbocycles. The molecule has 1 fully saturated rings. The van der Waals surface area contributed by atoms with Crippen LogP contribution in [0.3, 0.4) is 0 Å². The predicted molar refractivity (Wildman–Crippen MR) is 79.5 cm³/mol. The SMILES string of the molecule is O=C(NCCOc1ccc(C(F)(F)F)cc1)N[C@@H]1CCCNC1=O. The average molecular weight is 345 g/mol. The fourth-order valence-corrected chi connectivity index (χ4v) is 2.19. The molecule has 0 unspecified atom stereocenters. The van der Waals surface area contributed by atoms with Crippen LogP contribution in [0.5, 0.6) is 5.75 Å². The lowest BCUT2D eigenvalue weighted by Gasteiger charge is -2.22. The molecule has 24 heavy (non-hydrogen) atoms. The summed E-state index contributed by atoms with van der Waals surface area (Å²) < 4.78 is 42.5. The summed E-state index contributed by atoms with van der Waals surface area (Å²) in [5, 5.41) is 7.73. The van der Waals surface area contributed by atoms with Gasteiger partial charge in [0.2, 0.25) is 5.91 Å². The lowest BCUT2D eigenvalue weighted by Crippen LogP contribution is -2.53. The molecule has 1 aromatic carbocycles. The number of nitrogens with one attached hydrogen (secondary N) is 3. The number of hydrogen-bond acceptors (Lipinski definition) is 3. The molecular formula is C15H18F3N3O3. The molecule has 1 atom stereocenters. The van der Waals surface area contributed by atoms with Gasteiger partial charge in [0, 0.05) is 6.54 Å². The summed E-state index contributed by atoms with van der Waals surface area (Å²) in [6, 6.07) is 3.25. The van der Waals surface area contributed by atoms with Gasteiger partial charge in [-0.1, -0.05) is 0 Å². The monoisotopic (exact) mass is 345 g/mol. The van der Waals surface area contributed by atoms with Crippen molar-refractivity contribution >= 4 is 11.9 Å². The molecule has 3 N–H and O–H groups in total. The Hall–Kier alpha value is -2.45. The largest absolute Gasteiger partial charge is 0.492 e. The lowest BCUT2D eigenvalue weighted by atomic mass is 10.1. The number of alkyl halides is 3. The van der Waals surface area contributed by atoms with Crippen molar-refractivity contribution < 1.29 is 27.5 Å². The first-order valence-electron chi connectivity index (χ1n) is 7.48. The fraction of sp³-hybridized carbons (Fsp3) is 0.467. The van der Waals surface area contributed by atoms with Crippen molar-refractivity contribution in [2.45, 2.75) is 25.1 Å². The van der Waals surface area contributed by atoms with Gasteiger partial charge in [0.15, 0.2) is 0 Å². The Kier molecular flexibility index (Phi) is 5.88. The van der Waals surface area contributed by atoms with Crippen LogP contribution >= 0.6 is 0 Å². The van der Waals surface area contributed by atoms with Gasteiger partial charge in [0.1, 0.15) is 18.4 Å². The number of piperidine rings is 1. The Labute approximate surface area is 136 Å². The van der Waals surface area contributed by atoms with Crippen LogP contribution in [0.15, 0.2) is 24.3 Å². The van der Waals surface area contributed by atoms with Crippen molar-refractivity contribution in [2.75, 3.05) is 19.7 Å². The first kappa shape index (κ1) is 17.9. The van der Waals surface area contributed by atoms with Crippen LogP contribution in [-0.4, -0.2) is 37.7 Å². The zero-order valence-electron chi connectivity index (χ0n) is 12.8. The number of urea groups is 1. The molecule has 1 aromatic rings. The van der Waals surface area contributed by atoms with Gasteiger partial charge in [-0.05, 0) is 37.1 Å². The molecule has 2 rings (SSSR count). The van der Waals surface area contributed by atoms with Crippen LogP contribution in [0.2, 0.25) is 0 Å². The number of amides is 3. The Morgan fingerprint density at radius 3 is 2.62 bits per heavy atom. The quantitative estimate of drug-likeness (QED) is 0.710. The van der Waals surface area contributed by atoms with Crippen molar-refractivity contribution in [3.05, 3.63) is 29.8 Å². The molecule has 132 valence electrons. The summed E-state index contributed by atoms with van der Waals surface area (Å²) in [7, 11) is 0. The first-order valence-corrected chi connectivity index (χ1v) is 7.48. The van der Waals surface area contributed by atoms with E-state index in [0.717, 1.165) is 18.6 Å². The Morgan fingerprint density at radius 2 is 2.00 bits per heavy atom. The maximum Gasteiger partial charge on any atom is 0.416 e. The van der Waals surface area contributed by atoms with Gasteiger partial charge in [0.05, 0.1) is 12.1 Å². The van der Waals surface area contributed by atoms with Crippen LogP contribution < -0.4 is 20.7 Å². The molecule has 0 radical (unpaired) electrons. The van der Waals surface area contributed by atoms with Gasteiger partial charge in [-0.3, -0.25) is 4.79 Å². The van der Waals surface area contributed by atoms with E-state index in [0.29, 0.717) is 13.0 Å². The Balaban J connectivity index is 1.67. The van der Waals surface area contributed by atoms with E-state index in [4.69, 9.17) is 4.74 Å².